The fourth-order valence-corrected chi connectivity index (χ4v) is 3.44. The highest BCUT2D eigenvalue weighted by Crippen LogP contribution is 2.46. The molecule has 0 N–H and O–H groups in total. The lowest BCUT2D eigenvalue weighted by Gasteiger charge is -2.47. The summed E-state index contributed by atoms with van der Waals surface area (Å²) in [6.45, 7) is 14.6. The third kappa shape index (κ3) is 1.78. The highest BCUT2D eigenvalue weighted by Gasteiger charge is 2.39. The van der Waals surface area contributed by atoms with E-state index in [0.717, 1.165) is 35.5 Å². The second kappa shape index (κ2) is 4.02. The van der Waals surface area contributed by atoms with Crippen molar-refractivity contribution in [3.63, 3.8) is 0 Å². The molecule has 0 aliphatic heterocycles. The van der Waals surface area contributed by atoms with Crippen molar-refractivity contribution in [2.24, 2.45) is 35.5 Å². The summed E-state index contributed by atoms with van der Waals surface area (Å²) in [6, 6.07) is 0. The molecule has 0 aromatic heterocycles. The van der Waals surface area contributed by atoms with Crippen LogP contribution in [0.3, 0.4) is 0 Å². The highest BCUT2D eigenvalue weighted by atomic mass is 14.4. The lowest BCUT2D eigenvalue weighted by atomic mass is 9.59. The first-order valence-electron chi connectivity index (χ1n) is 6.00. The summed E-state index contributed by atoms with van der Waals surface area (Å²) in [7, 11) is 0. The first kappa shape index (κ1) is 11.1. The van der Waals surface area contributed by atoms with E-state index >= 15 is 0 Å². The van der Waals surface area contributed by atoms with Gasteiger partial charge in [0.15, 0.2) is 0 Å². The Labute approximate surface area is 84.1 Å². The van der Waals surface area contributed by atoms with Crippen molar-refractivity contribution in [2.75, 3.05) is 0 Å². The third-order valence-electron chi connectivity index (χ3n) is 5.14. The molecule has 1 rings (SSSR count). The molecule has 0 nitrogen and oxygen atoms in total. The van der Waals surface area contributed by atoms with E-state index < -0.39 is 0 Å². The van der Waals surface area contributed by atoms with Crippen LogP contribution in [0.25, 0.3) is 0 Å². The molecule has 1 fully saturated rings. The van der Waals surface area contributed by atoms with E-state index in [1.807, 2.05) is 0 Å². The number of rotatable bonds is 1. The van der Waals surface area contributed by atoms with Crippen molar-refractivity contribution in [1.29, 1.82) is 0 Å². The molecule has 1 saturated carbocycles. The van der Waals surface area contributed by atoms with Gasteiger partial charge in [-0.2, -0.15) is 0 Å². The van der Waals surface area contributed by atoms with Crippen molar-refractivity contribution in [1.82, 2.24) is 0 Å². The third-order valence-corrected chi connectivity index (χ3v) is 5.14. The summed E-state index contributed by atoms with van der Waals surface area (Å²) in [5.41, 5.74) is 0. The SMILES string of the molecule is CCC1C(C)[C@H](C)C(C)[C@@H](C)[C@H]1C. The zero-order chi connectivity index (χ0) is 10.2. The Morgan fingerprint density at radius 3 is 1.23 bits per heavy atom. The smallest absolute Gasteiger partial charge is 0.0360 e. The van der Waals surface area contributed by atoms with Crippen LogP contribution in [-0.2, 0) is 0 Å². The molecule has 78 valence electrons. The molecule has 0 saturated heterocycles. The quantitative estimate of drug-likeness (QED) is 0.570. The second-order valence-corrected chi connectivity index (χ2v) is 5.37. The molecule has 0 aromatic rings. The molecule has 0 heterocycles. The van der Waals surface area contributed by atoms with Crippen LogP contribution in [0.4, 0.5) is 0 Å². The van der Waals surface area contributed by atoms with Gasteiger partial charge in [-0.25, -0.2) is 0 Å². The highest BCUT2D eigenvalue weighted by molar-refractivity contribution is 4.88. The summed E-state index contributed by atoms with van der Waals surface area (Å²) in [5, 5.41) is 0. The van der Waals surface area contributed by atoms with Crippen molar-refractivity contribution in [2.45, 2.75) is 48.0 Å². The first-order chi connectivity index (χ1) is 6.00. The zero-order valence-electron chi connectivity index (χ0n) is 10.2. The van der Waals surface area contributed by atoms with Crippen molar-refractivity contribution in [3.05, 3.63) is 0 Å². The van der Waals surface area contributed by atoms with Gasteiger partial charge in [-0.1, -0.05) is 48.0 Å². The van der Waals surface area contributed by atoms with Gasteiger partial charge in [0.2, 0.25) is 0 Å². The number of hydrogen-bond acceptors (Lipinski definition) is 0. The van der Waals surface area contributed by atoms with Gasteiger partial charge in [-0.3, -0.25) is 0 Å². The van der Waals surface area contributed by atoms with Gasteiger partial charge >= 0.3 is 0 Å². The molecule has 0 spiro atoms. The van der Waals surface area contributed by atoms with E-state index in [0.29, 0.717) is 0 Å². The molecule has 3 unspecified atom stereocenters. The van der Waals surface area contributed by atoms with E-state index in [2.05, 4.69) is 41.5 Å². The molecular weight excluding hydrogens is 156 g/mol. The largest absolute Gasteiger partial charge is 0.0651 e. The Hall–Kier alpha value is 0. The monoisotopic (exact) mass is 182 g/mol. The molecule has 1 aliphatic carbocycles. The van der Waals surface area contributed by atoms with E-state index in [1.54, 1.807) is 0 Å². The summed E-state index contributed by atoms with van der Waals surface area (Å²) in [4.78, 5) is 0. The Morgan fingerprint density at radius 1 is 0.615 bits per heavy atom. The van der Waals surface area contributed by atoms with Crippen LogP contribution in [-0.4, -0.2) is 0 Å². The topological polar surface area (TPSA) is 0 Å². The second-order valence-electron chi connectivity index (χ2n) is 5.37. The predicted octanol–water partition coefficient (Wildman–Crippen LogP) is 4.21. The van der Waals surface area contributed by atoms with Crippen LogP contribution in [0.15, 0.2) is 0 Å². The van der Waals surface area contributed by atoms with Gasteiger partial charge in [0, 0.05) is 0 Å². The lowest BCUT2D eigenvalue weighted by Crippen LogP contribution is -2.40. The summed E-state index contributed by atoms with van der Waals surface area (Å²) in [5.74, 6) is 5.54. The number of hydrogen-bond donors (Lipinski definition) is 0. The van der Waals surface area contributed by atoms with Crippen LogP contribution in [0.2, 0.25) is 0 Å². The molecule has 13 heavy (non-hydrogen) atoms. The van der Waals surface area contributed by atoms with Crippen molar-refractivity contribution >= 4 is 0 Å². The molecule has 6 atom stereocenters. The molecule has 0 radical (unpaired) electrons. The first-order valence-corrected chi connectivity index (χ1v) is 6.00. The van der Waals surface area contributed by atoms with E-state index in [-0.39, 0.29) is 0 Å². The fourth-order valence-electron chi connectivity index (χ4n) is 3.44. The Balaban J connectivity index is 2.79. The minimum atomic E-state index is 0.910. The van der Waals surface area contributed by atoms with Gasteiger partial charge in [-0.15, -0.1) is 0 Å². The lowest BCUT2D eigenvalue weighted by molar-refractivity contribution is 0.0187. The van der Waals surface area contributed by atoms with Crippen LogP contribution >= 0.6 is 0 Å². The predicted molar refractivity (Wildman–Crippen MR) is 59.6 cm³/mol. The Kier molecular flexibility index (Phi) is 3.43. The minimum Gasteiger partial charge on any atom is -0.0651 e. The minimum absolute atomic E-state index is 0.910. The Morgan fingerprint density at radius 2 is 0.923 bits per heavy atom. The van der Waals surface area contributed by atoms with Gasteiger partial charge in [0.1, 0.15) is 0 Å². The van der Waals surface area contributed by atoms with Crippen molar-refractivity contribution in [3.8, 4) is 0 Å². The average molecular weight is 182 g/mol. The van der Waals surface area contributed by atoms with Gasteiger partial charge in [0.05, 0.1) is 0 Å². The van der Waals surface area contributed by atoms with E-state index in [9.17, 15) is 0 Å². The van der Waals surface area contributed by atoms with Crippen LogP contribution in [0, 0.1) is 35.5 Å². The summed E-state index contributed by atoms with van der Waals surface area (Å²) < 4.78 is 0. The summed E-state index contributed by atoms with van der Waals surface area (Å²) in [6.07, 6.45) is 1.36. The van der Waals surface area contributed by atoms with E-state index in [4.69, 9.17) is 0 Å². The maximum Gasteiger partial charge on any atom is -0.0360 e. The molecular formula is C13H26. The molecule has 0 amide bonds. The normalized spacial score (nSPS) is 52.2. The standard InChI is InChI=1S/C13H26/c1-7-13-11(5)9(3)8(2)10(4)12(13)6/h8-13H,7H2,1-6H3/t8?,9-,10-,11-,12?,13?/m1/s1. The maximum atomic E-state index is 2.46. The maximum absolute atomic E-state index is 2.46. The average Bonchev–Trinajstić information content (AvgIpc) is 2.13. The van der Waals surface area contributed by atoms with Gasteiger partial charge < -0.3 is 0 Å². The van der Waals surface area contributed by atoms with Crippen LogP contribution in [0.5, 0.6) is 0 Å². The Bertz CT molecular complexity index is 145. The van der Waals surface area contributed by atoms with Crippen LogP contribution in [0.1, 0.15) is 48.0 Å². The molecule has 0 aromatic carbocycles. The molecule has 0 bridgehead atoms. The molecule has 0 heteroatoms. The van der Waals surface area contributed by atoms with E-state index in [1.165, 1.54) is 6.42 Å². The van der Waals surface area contributed by atoms with Gasteiger partial charge in [0.25, 0.3) is 0 Å². The fraction of sp³-hybridized carbons (Fsp3) is 1.00. The zero-order valence-corrected chi connectivity index (χ0v) is 10.2. The molecule has 1 aliphatic rings. The van der Waals surface area contributed by atoms with Gasteiger partial charge in [-0.05, 0) is 35.5 Å². The summed E-state index contributed by atoms with van der Waals surface area (Å²) >= 11 is 0. The van der Waals surface area contributed by atoms with Crippen molar-refractivity contribution < 1.29 is 0 Å². The van der Waals surface area contributed by atoms with Crippen LogP contribution < -0.4 is 0 Å².